The number of anilines is 1. The fourth-order valence-corrected chi connectivity index (χ4v) is 5.84. The van der Waals surface area contributed by atoms with Gasteiger partial charge in [0.25, 0.3) is 10.0 Å². The van der Waals surface area contributed by atoms with Gasteiger partial charge in [0.05, 0.1) is 12.7 Å². The number of nitrogens with zero attached hydrogens (tertiary/aromatic N) is 2. The summed E-state index contributed by atoms with van der Waals surface area (Å²) in [6, 6.07) is 8.65. The van der Waals surface area contributed by atoms with E-state index in [1.165, 1.54) is 0 Å². The lowest BCUT2D eigenvalue weighted by molar-refractivity contribution is 0.0670. The van der Waals surface area contributed by atoms with Crippen molar-refractivity contribution in [3.8, 4) is 5.75 Å². The highest BCUT2D eigenvalue weighted by Gasteiger charge is 2.32. The van der Waals surface area contributed by atoms with Crippen molar-refractivity contribution >= 4 is 38.3 Å². The summed E-state index contributed by atoms with van der Waals surface area (Å²) in [4.78, 5) is 2.80. The largest absolute Gasteiger partial charge is 0.490 e. The van der Waals surface area contributed by atoms with Crippen LogP contribution in [0.5, 0.6) is 5.75 Å². The monoisotopic (exact) mass is 515 g/mol. The quantitative estimate of drug-likeness (QED) is 0.477. The highest BCUT2D eigenvalue weighted by molar-refractivity contribution is 7.93. The minimum absolute atomic E-state index is 0.0237. The number of aromatic nitrogens is 2. The van der Waals surface area contributed by atoms with Crippen LogP contribution in [0.15, 0.2) is 47.6 Å². The maximum absolute atomic E-state index is 14.7. The van der Waals surface area contributed by atoms with E-state index in [-0.39, 0.29) is 23.6 Å². The molecular weight excluding hydrogens is 496 g/mol. The summed E-state index contributed by atoms with van der Waals surface area (Å²) >= 11 is 6.73. The van der Waals surface area contributed by atoms with E-state index in [9.17, 15) is 22.3 Å². The smallest absolute Gasteiger partial charge is 0.266 e. The van der Waals surface area contributed by atoms with E-state index in [1.54, 1.807) is 12.1 Å². The number of benzene rings is 2. The maximum atomic E-state index is 14.7. The first kappa shape index (κ1) is 23.8. The van der Waals surface area contributed by atoms with E-state index in [0.717, 1.165) is 23.4 Å². The summed E-state index contributed by atoms with van der Waals surface area (Å²) < 4.78 is 65.3. The molecule has 33 heavy (non-hydrogen) atoms. The summed E-state index contributed by atoms with van der Waals surface area (Å²) in [6.45, 7) is 0.0237. The molecule has 2 N–H and O–H groups in total. The van der Waals surface area contributed by atoms with E-state index in [4.69, 9.17) is 16.3 Å². The molecule has 1 aliphatic carbocycles. The van der Waals surface area contributed by atoms with Gasteiger partial charge in [-0.15, -0.1) is 0 Å². The molecule has 12 heteroatoms. The lowest BCUT2D eigenvalue weighted by Crippen LogP contribution is -2.30. The molecule has 0 amide bonds. The molecule has 1 heterocycles. The number of nitrogens with one attached hydrogen (secondary N) is 1. The molecule has 0 saturated heterocycles. The number of aliphatic hydroxyl groups excluding tert-OH is 1. The van der Waals surface area contributed by atoms with E-state index < -0.39 is 38.4 Å². The van der Waals surface area contributed by atoms with Crippen molar-refractivity contribution < 1.29 is 27.0 Å². The lowest BCUT2D eigenvalue weighted by Gasteiger charge is -2.34. The van der Waals surface area contributed by atoms with Crippen molar-refractivity contribution in [1.82, 2.24) is 9.36 Å². The molecule has 1 aromatic heterocycles. The van der Waals surface area contributed by atoms with Crippen LogP contribution in [-0.2, 0) is 10.0 Å². The molecule has 3 aromatic rings. The first-order chi connectivity index (χ1) is 15.7. The zero-order chi connectivity index (χ0) is 23.6. The van der Waals surface area contributed by atoms with Crippen molar-refractivity contribution in [3.05, 3.63) is 64.9 Å². The van der Waals surface area contributed by atoms with Crippen LogP contribution in [0, 0.1) is 17.6 Å². The van der Waals surface area contributed by atoms with Crippen molar-refractivity contribution in [1.29, 1.82) is 0 Å². The van der Waals surface area contributed by atoms with E-state index in [1.807, 2.05) is 12.1 Å². The minimum atomic E-state index is -4.40. The molecule has 1 fully saturated rings. The predicted molar refractivity (Wildman–Crippen MR) is 120 cm³/mol. The van der Waals surface area contributed by atoms with Gasteiger partial charge in [-0.1, -0.05) is 23.7 Å². The van der Waals surface area contributed by atoms with Crippen LogP contribution in [0.1, 0.15) is 30.7 Å². The molecule has 7 nitrogen and oxygen atoms in total. The van der Waals surface area contributed by atoms with Gasteiger partial charge in [0.15, 0.2) is 11.6 Å². The number of ether oxygens (including phenoxy) is 1. The second kappa shape index (κ2) is 9.88. The number of hydrogen-bond acceptors (Lipinski definition) is 7. The third-order valence-corrected chi connectivity index (χ3v) is 7.88. The Hall–Kier alpha value is -2.34. The molecule has 4 rings (SSSR count). The van der Waals surface area contributed by atoms with Gasteiger partial charge < -0.3 is 9.84 Å². The van der Waals surface area contributed by atoms with Gasteiger partial charge in [0, 0.05) is 34.6 Å². The Morgan fingerprint density at radius 1 is 1.18 bits per heavy atom. The van der Waals surface area contributed by atoms with Crippen LogP contribution in [0.2, 0.25) is 5.02 Å². The number of sulfonamides is 1. The summed E-state index contributed by atoms with van der Waals surface area (Å²) in [5, 5.41) is 10.7. The molecule has 0 radical (unpaired) electrons. The number of hydrogen-bond donors (Lipinski definition) is 2. The Morgan fingerprint density at radius 3 is 2.64 bits per heavy atom. The number of rotatable bonds is 7. The molecule has 0 spiro atoms. The lowest BCUT2D eigenvalue weighted by atomic mass is 9.75. The fourth-order valence-electron chi connectivity index (χ4n) is 3.98. The highest BCUT2D eigenvalue weighted by atomic mass is 35.5. The molecular formula is C21H20ClF2N3O4S2. The van der Waals surface area contributed by atoms with Gasteiger partial charge >= 0.3 is 0 Å². The third kappa shape index (κ3) is 5.60. The van der Waals surface area contributed by atoms with E-state index >= 15 is 0 Å². The Kier molecular flexibility index (Phi) is 7.13. The van der Waals surface area contributed by atoms with Crippen LogP contribution in [0.4, 0.5) is 13.9 Å². The zero-order valence-corrected chi connectivity index (χ0v) is 19.5. The second-order valence-corrected chi connectivity index (χ2v) is 10.6. The Labute approximate surface area is 198 Å². The third-order valence-electron chi connectivity index (χ3n) is 5.56. The minimum Gasteiger partial charge on any atom is -0.490 e. The highest BCUT2D eigenvalue weighted by Crippen LogP contribution is 2.39. The topological polar surface area (TPSA) is 101 Å². The fraction of sp³-hybridized carbons (Fsp3) is 0.333. The molecule has 1 saturated carbocycles. The summed E-state index contributed by atoms with van der Waals surface area (Å²) in [5.41, 5.74) is 1.02. The first-order valence-corrected chi connectivity index (χ1v) is 12.7. The van der Waals surface area contributed by atoms with Crippen LogP contribution in [0.3, 0.4) is 0 Å². The number of halogens is 3. The molecule has 176 valence electrons. The summed E-state index contributed by atoms with van der Waals surface area (Å²) in [7, 11) is -4.40. The van der Waals surface area contributed by atoms with Crippen molar-refractivity contribution in [2.45, 2.75) is 36.2 Å². The summed E-state index contributed by atoms with van der Waals surface area (Å²) in [6.07, 6.45) is 2.40. The normalized spacial score (nSPS) is 21.0. The van der Waals surface area contributed by atoms with Gasteiger partial charge in [0.1, 0.15) is 17.0 Å². The molecule has 0 bridgehead atoms. The standard InChI is InChI=1S/C21H20ClF2N3O4S2/c22-14-3-1-12(2-4-14)16-6-5-15(28)7-13(16)10-31-19-8-18(24)20(9-17(19)23)33(29,30)27-21-25-11-26-32-21/h1-4,8-9,11,13,15-16,28H,5-7,10H2,(H,25,26,27)/t13?,15-,16-/m0/s1. The van der Waals surface area contributed by atoms with Gasteiger partial charge in [0.2, 0.25) is 5.13 Å². The van der Waals surface area contributed by atoms with Crippen molar-refractivity contribution in [2.75, 3.05) is 11.3 Å². The molecule has 1 aliphatic rings. The zero-order valence-electron chi connectivity index (χ0n) is 17.1. The Morgan fingerprint density at radius 2 is 1.94 bits per heavy atom. The molecule has 0 aliphatic heterocycles. The average Bonchev–Trinajstić information content (AvgIpc) is 3.27. The molecule has 3 atom stereocenters. The SMILES string of the molecule is O=S(=O)(Nc1ncns1)c1cc(F)c(OCC2C[C@@H](O)CC[C@H]2c2ccc(Cl)cc2)cc1F. The second-order valence-electron chi connectivity index (χ2n) is 7.76. The Balaban J connectivity index is 1.51. The maximum Gasteiger partial charge on any atom is 0.266 e. The molecule has 1 unspecified atom stereocenters. The average molecular weight is 516 g/mol. The number of aliphatic hydroxyl groups is 1. The molecule has 2 aromatic carbocycles. The van der Waals surface area contributed by atoms with Crippen LogP contribution < -0.4 is 9.46 Å². The summed E-state index contributed by atoms with van der Waals surface area (Å²) in [5.74, 6) is -2.69. The van der Waals surface area contributed by atoms with Crippen LogP contribution in [-0.4, -0.2) is 35.6 Å². The van der Waals surface area contributed by atoms with Gasteiger partial charge in [-0.25, -0.2) is 22.2 Å². The first-order valence-electron chi connectivity index (χ1n) is 10.1. The van der Waals surface area contributed by atoms with Crippen LogP contribution >= 0.6 is 23.1 Å². The van der Waals surface area contributed by atoms with Gasteiger partial charge in [-0.2, -0.15) is 4.37 Å². The van der Waals surface area contributed by atoms with Crippen LogP contribution in [0.25, 0.3) is 0 Å². The van der Waals surface area contributed by atoms with Crippen molar-refractivity contribution in [2.24, 2.45) is 5.92 Å². The van der Waals surface area contributed by atoms with Gasteiger partial charge in [-0.3, -0.25) is 4.72 Å². The van der Waals surface area contributed by atoms with E-state index in [2.05, 4.69) is 14.1 Å². The predicted octanol–water partition coefficient (Wildman–Crippen LogP) is 4.59. The van der Waals surface area contributed by atoms with Crippen molar-refractivity contribution in [3.63, 3.8) is 0 Å². The van der Waals surface area contributed by atoms with E-state index in [0.29, 0.717) is 36.4 Å². The van der Waals surface area contributed by atoms with Gasteiger partial charge in [-0.05, 0) is 42.9 Å². The Bertz CT molecular complexity index is 1210.